The lowest BCUT2D eigenvalue weighted by Gasteiger charge is -2.18. The van der Waals surface area contributed by atoms with E-state index in [1.165, 1.54) is 6.42 Å². The van der Waals surface area contributed by atoms with Gasteiger partial charge in [-0.3, -0.25) is 4.79 Å². The van der Waals surface area contributed by atoms with Crippen molar-refractivity contribution in [1.82, 2.24) is 10.2 Å². The van der Waals surface area contributed by atoms with Crippen LogP contribution in [-0.2, 0) is 4.79 Å². The minimum atomic E-state index is 0. The molecule has 1 amide bonds. The summed E-state index contributed by atoms with van der Waals surface area (Å²) in [5, 5.41) is 3.34. The Bertz CT molecular complexity index is 219. The number of hydrogen-bond donors (Lipinski definition) is 2. The maximum Gasteiger partial charge on any atom is 0.224 e. The number of rotatable bonds is 2. The van der Waals surface area contributed by atoms with Crippen LogP contribution in [0.5, 0.6) is 0 Å². The third kappa shape index (κ3) is 3.33. The Hall–Kier alpha value is -0.320. The van der Waals surface area contributed by atoms with Crippen molar-refractivity contribution in [2.45, 2.75) is 37.8 Å². The Morgan fingerprint density at radius 1 is 1.47 bits per heavy atom. The highest BCUT2D eigenvalue weighted by molar-refractivity contribution is 5.85. The third-order valence-electron chi connectivity index (χ3n) is 3.16. The first-order valence-corrected chi connectivity index (χ1v) is 5.52. The van der Waals surface area contributed by atoms with Crippen molar-refractivity contribution in [1.29, 1.82) is 0 Å². The van der Waals surface area contributed by atoms with E-state index in [2.05, 4.69) is 5.32 Å². The predicted molar refractivity (Wildman–Crippen MR) is 62.1 cm³/mol. The van der Waals surface area contributed by atoms with Crippen molar-refractivity contribution in [3.8, 4) is 0 Å². The van der Waals surface area contributed by atoms with E-state index in [9.17, 15) is 4.79 Å². The van der Waals surface area contributed by atoms with Crippen molar-refractivity contribution in [3.63, 3.8) is 0 Å². The summed E-state index contributed by atoms with van der Waals surface area (Å²) in [6, 6.07) is 0.620. The Labute approximate surface area is 97.0 Å². The van der Waals surface area contributed by atoms with Crippen molar-refractivity contribution in [3.05, 3.63) is 0 Å². The highest BCUT2D eigenvalue weighted by Crippen LogP contribution is 2.13. The maximum absolute atomic E-state index is 11.8. The molecule has 5 heteroatoms. The molecular formula is C10H20ClN3O. The van der Waals surface area contributed by atoms with Crippen LogP contribution in [0.15, 0.2) is 0 Å². The number of likely N-dealkylation sites (tertiary alicyclic amines) is 1. The summed E-state index contributed by atoms with van der Waals surface area (Å²) in [4.78, 5) is 13.7. The summed E-state index contributed by atoms with van der Waals surface area (Å²) >= 11 is 0. The fraction of sp³-hybridized carbons (Fsp3) is 0.900. The first kappa shape index (κ1) is 12.7. The van der Waals surface area contributed by atoms with E-state index in [4.69, 9.17) is 5.73 Å². The molecule has 0 bridgehead atoms. The van der Waals surface area contributed by atoms with E-state index in [0.717, 1.165) is 32.5 Å². The van der Waals surface area contributed by atoms with Gasteiger partial charge in [0.15, 0.2) is 0 Å². The Morgan fingerprint density at radius 3 is 2.80 bits per heavy atom. The number of nitrogens with one attached hydrogen (secondary N) is 1. The van der Waals surface area contributed by atoms with Gasteiger partial charge in [0.25, 0.3) is 0 Å². The number of halogens is 1. The maximum atomic E-state index is 11.8. The monoisotopic (exact) mass is 233 g/mol. The van der Waals surface area contributed by atoms with Gasteiger partial charge in [0.1, 0.15) is 0 Å². The molecule has 2 atom stereocenters. The summed E-state index contributed by atoms with van der Waals surface area (Å²) in [5.74, 6) is 0.275. The van der Waals surface area contributed by atoms with Crippen LogP contribution in [-0.4, -0.2) is 42.5 Å². The molecule has 15 heavy (non-hydrogen) atoms. The van der Waals surface area contributed by atoms with E-state index < -0.39 is 0 Å². The summed E-state index contributed by atoms with van der Waals surface area (Å²) in [6.45, 7) is 2.68. The van der Waals surface area contributed by atoms with Crippen LogP contribution in [0, 0.1) is 0 Å². The molecule has 0 aliphatic carbocycles. The van der Waals surface area contributed by atoms with Crippen LogP contribution in [0.4, 0.5) is 0 Å². The van der Waals surface area contributed by atoms with Gasteiger partial charge < -0.3 is 16.0 Å². The highest BCUT2D eigenvalue weighted by Gasteiger charge is 2.26. The zero-order valence-electron chi connectivity index (χ0n) is 8.95. The molecule has 2 saturated heterocycles. The minimum absolute atomic E-state index is 0. The molecule has 1 unspecified atom stereocenters. The molecule has 0 spiro atoms. The van der Waals surface area contributed by atoms with Gasteiger partial charge in [-0.25, -0.2) is 0 Å². The Balaban J connectivity index is 0.00000112. The predicted octanol–water partition coefficient (Wildman–Crippen LogP) is 0.110. The van der Waals surface area contributed by atoms with Crippen molar-refractivity contribution in [2.75, 3.05) is 19.6 Å². The van der Waals surface area contributed by atoms with Crippen LogP contribution in [0.1, 0.15) is 25.7 Å². The van der Waals surface area contributed by atoms with Crippen LogP contribution in [0.3, 0.4) is 0 Å². The molecule has 2 fully saturated rings. The minimum Gasteiger partial charge on any atom is -0.341 e. The van der Waals surface area contributed by atoms with Gasteiger partial charge in [-0.05, 0) is 25.8 Å². The van der Waals surface area contributed by atoms with Gasteiger partial charge in [-0.15, -0.1) is 12.4 Å². The van der Waals surface area contributed by atoms with Crippen LogP contribution in [0.25, 0.3) is 0 Å². The van der Waals surface area contributed by atoms with Gasteiger partial charge >= 0.3 is 0 Å². The lowest BCUT2D eigenvalue weighted by Crippen LogP contribution is -2.36. The average molecular weight is 234 g/mol. The van der Waals surface area contributed by atoms with E-state index in [-0.39, 0.29) is 24.4 Å². The average Bonchev–Trinajstić information content (AvgIpc) is 2.75. The molecule has 2 heterocycles. The Kier molecular flexibility index (Phi) is 4.83. The number of hydrogen-bond acceptors (Lipinski definition) is 3. The summed E-state index contributed by atoms with van der Waals surface area (Å²) in [5.41, 5.74) is 5.76. The van der Waals surface area contributed by atoms with Gasteiger partial charge in [0.2, 0.25) is 5.91 Å². The molecular weight excluding hydrogens is 214 g/mol. The number of carbonyl (C=O) groups is 1. The standard InChI is InChI=1S/C10H19N3O.ClH/c11-8-3-5-13(7-8)10(14)6-9-2-1-4-12-9;/h8-9,12H,1-7,11H2;1H/t8-,9?;/m0./s1. The van der Waals surface area contributed by atoms with Gasteiger partial charge in [-0.1, -0.05) is 0 Å². The first-order chi connectivity index (χ1) is 6.75. The molecule has 2 aliphatic heterocycles. The fourth-order valence-corrected chi connectivity index (χ4v) is 2.28. The molecule has 0 aromatic carbocycles. The van der Waals surface area contributed by atoms with Gasteiger partial charge in [0, 0.05) is 31.6 Å². The van der Waals surface area contributed by atoms with Crippen molar-refractivity contribution in [2.24, 2.45) is 5.73 Å². The molecule has 2 aliphatic rings. The molecule has 0 saturated carbocycles. The summed E-state index contributed by atoms with van der Waals surface area (Å²) < 4.78 is 0. The van der Waals surface area contributed by atoms with Crippen LogP contribution < -0.4 is 11.1 Å². The number of carbonyl (C=O) groups excluding carboxylic acids is 1. The largest absolute Gasteiger partial charge is 0.341 e. The molecule has 0 radical (unpaired) electrons. The molecule has 88 valence electrons. The quantitative estimate of drug-likeness (QED) is 0.712. The molecule has 4 nitrogen and oxygen atoms in total. The molecule has 0 aromatic heterocycles. The lowest BCUT2D eigenvalue weighted by molar-refractivity contribution is -0.130. The highest BCUT2D eigenvalue weighted by atomic mass is 35.5. The number of amides is 1. The zero-order chi connectivity index (χ0) is 9.97. The number of nitrogens with zero attached hydrogens (tertiary/aromatic N) is 1. The second kappa shape index (κ2) is 5.68. The smallest absolute Gasteiger partial charge is 0.224 e. The van der Waals surface area contributed by atoms with Crippen molar-refractivity contribution < 1.29 is 4.79 Å². The molecule has 3 N–H and O–H groups in total. The van der Waals surface area contributed by atoms with Crippen LogP contribution >= 0.6 is 12.4 Å². The van der Waals surface area contributed by atoms with E-state index >= 15 is 0 Å². The third-order valence-corrected chi connectivity index (χ3v) is 3.16. The molecule has 2 rings (SSSR count). The zero-order valence-corrected chi connectivity index (χ0v) is 9.76. The normalized spacial score (nSPS) is 30.3. The summed E-state index contributed by atoms with van der Waals surface area (Å²) in [7, 11) is 0. The van der Waals surface area contributed by atoms with E-state index in [1.54, 1.807) is 0 Å². The van der Waals surface area contributed by atoms with Gasteiger partial charge in [-0.2, -0.15) is 0 Å². The first-order valence-electron chi connectivity index (χ1n) is 5.52. The SMILES string of the molecule is Cl.N[C@H]1CCN(C(=O)CC2CCCN2)C1. The lowest BCUT2D eigenvalue weighted by atomic mass is 10.1. The topological polar surface area (TPSA) is 58.4 Å². The van der Waals surface area contributed by atoms with Crippen molar-refractivity contribution >= 4 is 18.3 Å². The number of nitrogens with two attached hydrogens (primary N) is 1. The van der Waals surface area contributed by atoms with E-state index in [0.29, 0.717) is 12.5 Å². The Morgan fingerprint density at radius 2 is 2.27 bits per heavy atom. The van der Waals surface area contributed by atoms with Crippen LogP contribution in [0.2, 0.25) is 0 Å². The summed E-state index contributed by atoms with van der Waals surface area (Å²) in [6.07, 6.45) is 3.97. The fourth-order valence-electron chi connectivity index (χ4n) is 2.28. The van der Waals surface area contributed by atoms with E-state index in [1.807, 2.05) is 4.90 Å². The van der Waals surface area contributed by atoms with Gasteiger partial charge in [0.05, 0.1) is 0 Å². The second-order valence-electron chi connectivity index (χ2n) is 4.39. The molecule has 0 aromatic rings. The second-order valence-corrected chi connectivity index (χ2v) is 4.39.